The molecule has 2 atom stereocenters. The van der Waals surface area contributed by atoms with E-state index >= 15 is 0 Å². The van der Waals surface area contributed by atoms with Gasteiger partial charge in [-0.15, -0.1) is 0 Å². The third-order valence-electron chi connectivity index (χ3n) is 6.55. The van der Waals surface area contributed by atoms with Crippen LogP contribution in [0.5, 0.6) is 5.75 Å². The van der Waals surface area contributed by atoms with Crippen LogP contribution in [0.15, 0.2) is 36.4 Å². The molecule has 0 fully saturated rings. The van der Waals surface area contributed by atoms with E-state index in [1.165, 1.54) is 18.2 Å². The van der Waals surface area contributed by atoms with Gasteiger partial charge in [-0.25, -0.2) is 10.0 Å². The Bertz CT molecular complexity index is 1300. The number of carbonyl (C=O) groups is 4. The number of nitrogens with one attached hydrogen (secondary N) is 3. The number of hydrogen-bond donors (Lipinski definition) is 6. The lowest BCUT2D eigenvalue weighted by Crippen LogP contribution is -2.47. The standard InChI is InChI=1S/C28H40N5O9P/c1-4-7-8-10-20(24(5-2)33(38)18-34)26(35)29-16-30-28(37)23-12-9-11-22(32-23)19-13-14-21(25(15-19)42-6-3)27(36)31-17-43(39,40)41/h9,11-15,18,20,24,38H,4-8,10,16-17H2,1-3H3,(H,29,35)(H,30,37)(H,31,36)(H2,39,40,41). The molecule has 1 aromatic heterocycles. The Morgan fingerprint density at radius 2 is 1.79 bits per heavy atom. The highest BCUT2D eigenvalue weighted by atomic mass is 31.2. The average molecular weight is 622 g/mol. The van der Waals surface area contributed by atoms with E-state index in [-0.39, 0.29) is 36.7 Å². The maximum absolute atomic E-state index is 13.0. The normalized spacial score (nSPS) is 12.5. The smallest absolute Gasteiger partial charge is 0.344 e. The highest BCUT2D eigenvalue weighted by Gasteiger charge is 2.30. The number of pyridine rings is 1. The predicted molar refractivity (Wildman–Crippen MR) is 157 cm³/mol. The number of benzene rings is 1. The zero-order valence-electron chi connectivity index (χ0n) is 24.5. The molecule has 15 heteroatoms. The van der Waals surface area contributed by atoms with Crippen molar-refractivity contribution in [3.63, 3.8) is 0 Å². The fourth-order valence-corrected chi connectivity index (χ4v) is 4.77. The van der Waals surface area contributed by atoms with Crippen LogP contribution < -0.4 is 20.7 Å². The zero-order valence-corrected chi connectivity index (χ0v) is 25.4. The molecule has 0 spiro atoms. The summed E-state index contributed by atoms with van der Waals surface area (Å²) in [5, 5.41) is 17.9. The number of hydrogen-bond acceptors (Lipinski definition) is 8. The second-order valence-corrected chi connectivity index (χ2v) is 11.3. The number of carbonyl (C=O) groups excluding carboxylic acids is 4. The highest BCUT2D eigenvalue weighted by Crippen LogP contribution is 2.33. The first-order chi connectivity index (χ1) is 20.4. The van der Waals surface area contributed by atoms with E-state index in [0.717, 1.165) is 19.3 Å². The molecular weight excluding hydrogens is 581 g/mol. The molecule has 6 N–H and O–H groups in total. The van der Waals surface area contributed by atoms with Gasteiger partial charge < -0.3 is 30.5 Å². The molecule has 0 aliphatic carbocycles. The molecule has 0 aliphatic heterocycles. The topological polar surface area (TPSA) is 207 Å². The Morgan fingerprint density at radius 3 is 2.42 bits per heavy atom. The van der Waals surface area contributed by atoms with Crippen molar-refractivity contribution < 1.29 is 43.5 Å². The summed E-state index contributed by atoms with van der Waals surface area (Å²) in [5.41, 5.74) is 1.03. The van der Waals surface area contributed by atoms with Gasteiger partial charge in [0.05, 0.1) is 36.5 Å². The molecule has 1 heterocycles. The summed E-state index contributed by atoms with van der Waals surface area (Å²) in [5.74, 6) is -2.19. The van der Waals surface area contributed by atoms with Crippen molar-refractivity contribution in [3.8, 4) is 17.0 Å². The van der Waals surface area contributed by atoms with E-state index in [0.29, 0.717) is 29.2 Å². The van der Waals surface area contributed by atoms with E-state index in [1.807, 2.05) is 6.92 Å². The van der Waals surface area contributed by atoms with Crippen LogP contribution in [0.4, 0.5) is 0 Å². The van der Waals surface area contributed by atoms with Crippen molar-refractivity contribution in [1.29, 1.82) is 0 Å². The molecule has 0 saturated heterocycles. The van der Waals surface area contributed by atoms with Crippen molar-refractivity contribution in [2.24, 2.45) is 5.92 Å². The molecule has 0 bridgehead atoms. The minimum absolute atomic E-state index is 0.0570. The van der Waals surface area contributed by atoms with Crippen LogP contribution in [0.2, 0.25) is 0 Å². The van der Waals surface area contributed by atoms with Gasteiger partial charge in [0.25, 0.3) is 11.8 Å². The molecule has 1 aromatic carbocycles. The largest absolute Gasteiger partial charge is 0.493 e. The molecule has 2 unspecified atom stereocenters. The zero-order chi connectivity index (χ0) is 32.0. The number of rotatable bonds is 18. The van der Waals surface area contributed by atoms with Gasteiger partial charge in [0.2, 0.25) is 12.3 Å². The molecule has 2 rings (SSSR count). The van der Waals surface area contributed by atoms with E-state index in [2.05, 4.69) is 20.9 Å². The molecule has 2 aromatic rings. The second kappa shape index (κ2) is 17.3. The van der Waals surface area contributed by atoms with Crippen LogP contribution in [0, 0.1) is 5.92 Å². The third-order valence-corrected chi connectivity index (χ3v) is 7.12. The number of ether oxygens (including phenoxy) is 1. The van der Waals surface area contributed by atoms with Gasteiger partial charge in [-0.1, -0.05) is 45.2 Å². The maximum Gasteiger partial charge on any atom is 0.344 e. The molecule has 14 nitrogen and oxygen atoms in total. The average Bonchev–Trinajstić information content (AvgIpc) is 2.99. The number of amides is 4. The fraction of sp³-hybridized carbons (Fsp3) is 0.464. The van der Waals surface area contributed by atoms with Gasteiger partial charge in [0.1, 0.15) is 17.7 Å². The van der Waals surface area contributed by atoms with Gasteiger partial charge in [-0.05, 0) is 44.0 Å². The van der Waals surface area contributed by atoms with Gasteiger partial charge in [0.15, 0.2) is 0 Å². The maximum atomic E-state index is 13.0. The Hall–Kier alpha value is -3.84. The highest BCUT2D eigenvalue weighted by molar-refractivity contribution is 7.51. The SMILES string of the molecule is CCCCCC(C(=O)NCNC(=O)c1cccc(-c2ccc(C(=O)NCP(=O)(O)O)c(OCC)c2)n1)C(CC)N(O)C=O. The monoisotopic (exact) mass is 621 g/mol. The van der Waals surface area contributed by atoms with Crippen LogP contribution >= 0.6 is 7.60 Å². The molecular formula is C28H40N5O9P. The minimum atomic E-state index is -4.45. The second-order valence-electron chi connectivity index (χ2n) is 9.67. The van der Waals surface area contributed by atoms with Crippen molar-refractivity contribution in [1.82, 2.24) is 26.0 Å². The predicted octanol–water partition coefficient (Wildman–Crippen LogP) is 2.64. The summed E-state index contributed by atoms with van der Waals surface area (Å²) >= 11 is 0. The lowest BCUT2D eigenvalue weighted by atomic mass is 9.90. The summed E-state index contributed by atoms with van der Waals surface area (Å²) in [6, 6.07) is 8.57. The van der Waals surface area contributed by atoms with Gasteiger partial charge in [-0.3, -0.25) is 29.0 Å². The number of unbranched alkanes of at least 4 members (excludes halogenated alkanes) is 2. The molecule has 0 aliphatic rings. The molecule has 0 radical (unpaired) electrons. The Labute approximate surface area is 250 Å². The van der Waals surface area contributed by atoms with Crippen LogP contribution in [0.3, 0.4) is 0 Å². The van der Waals surface area contributed by atoms with Gasteiger partial charge in [0, 0.05) is 5.56 Å². The van der Waals surface area contributed by atoms with Crippen LogP contribution in [-0.4, -0.2) is 74.8 Å². The number of aromatic nitrogens is 1. The first-order valence-electron chi connectivity index (χ1n) is 14.0. The minimum Gasteiger partial charge on any atom is -0.493 e. The molecule has 0 saturated carbocycles. The Kier molecular flexibility index (Phi) is 14.2. The van der Waals surface area contributed by atoms with Crippen molar-refractivity contribution in [2.45, 2.75) is 58.9 Å². The number of nitrogens with zero attached hydrogens (tertiary/aromatic N) is 2. The van der Waals surface area contributed by atoms with Crippen molar-refractivity contribution in [2.75, 3.05) is 19.6 Å². The van der Waals surface area contributed by atoms with Crippen molar-refractivity contribution >= 4 is 31.7 Å². The summed E-state index contributed by atoms with van der Waals surface area (Å²) < 4.78 is 16.7. The van der Waals surface area contributed by atoms with Gasteiger partial charge in [-0.2, -0.15) is 0 Å². The molecule has 43 heavy (non-hydrogen) atoms. The van der Waals surface area contributed by atoms with Crippen LogP contribution in [-0.2, 0) is 14.2 Å². The quantitative estimate of drug-likeness (QED) is 0.0358. The Morgan fingerprint density at radius 1 is 1.05 bits per heavy atom. The Balaban J connectivity index is 2.13. The molecule has 4 amide bonds. The lowest BCUT2D eigenvalue weighted by Gasteiger charge is -2.29. The summed E-state index contributed by atoms with van der Waals surface area (Å²) in [7, 11) is -4.45. The summed E-state index contributed by atoms with van der Waals surface area (Å²) in [6.07, 6.45) is 2.86. The van der Waals surface area contributed by atoms with E-state index in [9.17, 15) is 29.0 Å². The van der Waals surface area contributed by atoms with Crippen LogP contribution in [0.1, 0.15) is 73.7 Å². The summed E-state index contributed by atoms with van der Waals surface area (Å²) in [4.78, 5) is 71.9. The van der Waals surface area contributed by atoms with Crippen molar-refractivity contribution in [3.05, 3.63) is 47.7 Å². The molecule has 236 valence electrons. The van der Waals surface area contributed by atoms with E-state index in [1.54, 1.807) is 32.0 Å². The van der Waals surface area contributed by atoms with E-state index < -0.39 is 43.6 Å². The van der Waals surface area contributed by atoms with E-state index in [4.69, 9.17) is 14.5 Å². The first-order valence-corrected chi connectivity index (χ1v) is 15.8. The third kappa shape index (κ3) is 11.1. The first kappa shape index (κ1) is 35.4. The fourth-order valence-electron chi connectivity index (χ4n) is 4.42. The summed E-state index contributed by atoms with van der Waals surface area (Å²) in [6.45, 7) is 5.52. The van der Waals surface area contributed by atoms with Gasteiger partial charge >= 0.3 is 7.60 Å². The number of hydroxylamine groups is 2. The van der Waals surface area contributed by atoms with Crippen LogP contribution in [0.25, 0.3) is 11.3 Å². The lowest BCUT2D eigenvalue weighted by molar-refractivity contribution is -0.168.